The maximum atomic E-state index is 13.8. The zero-order chi connectivity index (χ0) is 30.2. The third kappa shape index (κ3) is 5.96. The summed E-state index contributed by atoms with van der Waals surface area (Å²) in [5.74, 6) is -0.598. The molecule has 2 fully saturated rings. The number of fused-ring (bicyclic) bond motifs is 12. The van der Waals surface area contributed by atoms with E-state index in [0.29, 0.717) is 11.5 Å². The number of carbonyl (C=O) groups is 3. The molecule has 12 nitrogen and oxygen atoms in total. The number of nitrogens with one attached hydrogen (secondary N) is 2. The highest BCUT2D eigenvalue weighted by Gasteiger charge is 2.55. The van der Waals surface area contributed by atoms with Gasteiger partial charge in [0.25, 0.3) is 0 Å². The molecule has 0 spiro atoms. The molecule has 4 bridgehead atoms. The van der Waals surface area contributed by atoms with Crippen LogP contribution in [0.15, 0.2) is 24.5 Å². The second-order valence-corrected chi connectivity index (χ2v) is 13.1. The standard InChI is InChI=1S/C31H40N6O6/c1-30(2)13-7-8-19-11-12-22-23(14-19)27(36-37-18-32-35-25(22)37)43-21-15-31(16-21,28(39)41-3)34-26(38)24(33-29(40)42-17-30)20-9-5-4-6-10-20/h11-12,14,18,20-21,24H,4-10,13,15-17H2,1-3H3,(H,33,40)(H,34,38)/t21?,24-,31?/m0/s1. The molecular weight excluding hydrogens is 552 g/mol. The number of nitrogens with zero attached hydrogens (tertiary/aromatic N) is 4. The summed E-state index contributed by atoms with van der Waals surface area (Å²) >= 11 is 0. The van der Waals surface area contributed by atoms with Crippen LogP contribution in [-0.2, 0) is 25.5 Å². The summed E-state index contributed by atoms with van der Waals surface area (Å²) in [4.78, 5) is 39.9. The molecule has 4 aliphatic rings. The normalized spacial score (nSPS) is 27.0. The molecule has 43 heavy (non-hydrogen) atoms. The van der Waals surface area contributed by atoms with Crippen LogP contribution in [-0.4, -0.2) is 69.2 Å². The maximum absolute atomic E-state index is 13.8. The summed E-state index contributed by atoms with van der Waals surface area (Å²) in [6.45, 7) is 4.36. The van der Waals surface area contributed by atoms with Gasteiger partial charge in [-0.2, -0.15) is 4.52 Å². The van der Waals surface area contributed by atoms with Crippen molar-refractivity contribution in [2.24, 2.45) is 11.3 Å². The minimum Gasteiger partial charge on any atom is -0.473 e. The number of esters is 1. The van der Waals surface area contributed by atoms with E-state index in [4.69, 9.17) is 14.2 Å². The molecule has 0 unspecified atom stereocenters. The average molecular weight is 593 g/mol. The van der Waals surface area contributed by atoms with E-state index in [0.717, 1.165) is 67.7 Å². The molecule has 230 valence electrons. The second-order valence-electron chi connectivity index (χ2n) is 13.1. The Morgan fingerprint density at radius 3 is 2.65 bits per heavy atom. The van der Waals surface area contributed by atoms with Gasteiger partial charge >= 0.3 is 12.1 Å². The molecule has 2 amide bonds. The van der Waals surface area contributed by atoms with E-state index in [-0.39, 0.29) is 30.8 Å². The van der Waals surface area contributed by atoms with Gasteiger partial charge in [-0.05, 0) is 55.1 Å². The molecule has 12 heteroatoms. The highest BCUT2D eigenvalue weighted by Crippen LogP contribution is 2.39. The Labute approximate surface area is 250 Å². The summed E-state index contributed by atoms with van der Waals surface area (Å²) < 4.78 is 18.8. The highest BCUT2D eigenvalue weighted by atomic mass is 16.5. The number of hydrogen-bond acceptors (Lipinski definition) is 9. The lowest BCUT2D eigenvalue weighted by Crippen LogP contribution is -2.68. The third-order valence-electron chi connectivity index (χ3n) is 9.24. The van der Waals surface area contributed by atoms with Crippen molar-refractivity contribution in [2.75, 3.05) is 13.7 Å². The lowest BCUT2D eigenvalue weighted by molar-refractivity contribution is -0.160. The number of amides is 2. The summed E-state index contributed by atoms with van der Waals surface area (Å²) in [7, 11) is 1.30. The van der Waals surface area contributed by atoms with E-state index in [2.05, 4.69) is 51.9 Å². The zero-order valence-electron chi connectivity index (χ0n) is 25.1. The van der Waals surface area contributed by atoms with Crippen LogP contribution in [0.25, 0.3) is 16.4 Å². The summed E-state index contributed by atoms with van der Waals surface area (Å²) in [6.07, 6.45) is 8.13. The van der Waals surface area contributed by atoms with Crippen molar-refractivity contribution in [3.63, 3.8) is 0 Å². The highest BCUT2D eigenvalue weighted by molar-refractivity contribution is 5.97. The minimum absolute atomic E-state index is 0.0514. The predicted octanol–water partition coefficient (Wildman–Crippen LogP) is 3.88. The first-order chi connectivity index (χ1) is 20.7. The van der Waals surface area contributed by atoms with E-state index in [1.54, 1.807) is 4.52 Å². The SMILES string of the molecule is COC(=O)C12CC(C1)Oc1nn3cnnc3c3ccc(cc13)CCCC(C)(C)COC(=O)N[C@@H](C1CCCCC1)C(=O)N2. The van der Waals surface area contributed by atoms with E-state index >= 15 is 0 Å². The van der Waals surface area contributed by atoms with Crippen molar-refractivity contribution < 1.29 is 28.6 Å². The molecule has 2 aliphatic heterocycles. The van der Waals surface area contributed by atoms with Gasteiger partial charge in [0.1, 0.15) is 24.0 Å². The van der Waals surface area contributed by atoms with Gasteiger partial charge in [-0.15, -0.1) is 15.3 Å². The van der Waals surface area contributed by atoms with Crippen LogP contribution in [0.1, 0.15) is 77.2 Å². The number of methoxy groups -OCH3 is 1. The number of hydrogen-bond donors (Lipinski definition) is 2. The molecule has 0 saturated heterocycles. The molecule has 3 aromatic rings. The van der Waals surface area contributed by atoms with Crippen molar-refractivity contribution in [1.29, 1.82) is 0 Å². The number of aryl methyl sites for hydroxylation is 1. The maximum Gasteiger partial charge on any atom is 0.407 e. The Bertz CT molecular complexity index is 1520. The molecule has 1 aromatic carbocycles. The third-order valence-corrected chi connectivity index (χ3v) is 9.24. The van der Waals surface area contributed by atoms with Gasteiger partial charge in [0, 0.05) is 23.6 Å². The average Bonchev–Trinajstić information content (AvgIpc) is 3.46. The fourth-order valence-electron chi connectivity index (χ4n) is 6.76. The van der Waals surface area contributed by atoms with E-state index in [9.17, 15) is 14.4 Å². The molecule has 1 atom stereocenters. The van der Waals surface area contributed by atoms with Crippen LogP contribution in [0.5, 0.6) is 5.88 Å². The lowest BCUT2D eigenvalue weighted by atomic mass is 9.73. The molecule has 7 rings (SSSR count). The van der Waals surface area contributed by atoms with Gasteiger partial charge in [0.2, 0.25) is 11.8 Å². The number of benzene rings is 1. The summed E-state index contributed by atoms with van der Waals surface area (Å²) in [6, 6.07) is 5.33. The Morgan fingerprint density at radius 1 is 1.09 bits per heavy atom. The minimum atomic E-state index is -1.28. The van der Waals surface area contributed by atoms with Gasteiger partial charge in [-0.1, -0.05) is 45.2 Å². The number of aromatic nitrogens is 4. The zero-order valence-corrected chi connectivity index (χ0v) is 25.1. The van der Waals surface area contributed by atoms with Gasteiger partial charge < -0.3 is 24.8 Å². The lowest BCUT2D eigenvalue weighted by Gasteiger charge is -2.45. The Balaban J connectivity index is 1.34. The van der Waals surface area contributed by atoms with E-state index < -0.39 is 35.7 Å². The van der Waals surface area contributed by atoms with Gasteiger partial charge in [0.05, 0.1) is 13.7 Å². The molecule has 4 heterocycles. The van der Waals surface area contributed by atoms with Gasteiger partial charge in [0.15, 0.2) is 5.65 Å². The van der Waals surface area contributed by atoms with Crippen molar-refractivity contribution in [1.82, 2.24) is 30.4 Å². The van der Waals surface area contributed by atoms with E-state index in [1.807, 2.05) is 6.07 Å². The van der Waals surface area contributed by atoms with Crippen LogP contribution in [0.4, 0.5) is 4.79 Å². The van der Waals surface area contributed by atoms with Crippen molar-refractivity contribution in [3.8, 4) is 5.88 Å². The molecule has 2 saturated carbocycles. The van der Waals surface area contributed by atoms with Crippen LogP contribution >= 0.6 is 0 Å². The largest absolute Gasteiger partial charge is 0.473 e. The molecule has 2 N–H and O–H groups in total. The van der Waals surface area contributed by atoms with Crippen LogP contribution in [0.3, 0.4) is 0 Å². The topological polar surface area (TPSA) is 146 Å². The fourth-order valence-corrected chi connectivity index (χ4v) is 6.76. The molecule has 0 radical (unpaired) electrons. The smallest absolute Gasteiger partial charge is 0.407 e. The first-order valence-corrected chi connectivity index (χ1v) is 15.3. The predicted molar refractivity (Wildman–Crippen MR) is 156 cm³/mol. The Morgan fingerprint density at radius 2 is 1.88 bits per heavy atom. The molecule has 2 aromatic heterocycles. The fraction of sp³-hybridized carbons (Fsp3) is 0.613. The van der Waals surface area contributed by atoms with Gasteiger partial charge in [-0.25, -0.2) is 9.59 Å². The van der Waals surface area contributed by atoms with Crippen molar-refractivity contribution >= 4 is 34.4 Å². The first kappa shape index (κ1) is 29.1. The second kappa shape index (κ2) is 11.6. The van der Waals surface area contributed by atoms with Crippen molar-refractivity contribution in [2.45, 2.75) is 95.7 Å². The van der Waals surface area contributed by atoms with E-state index in [1.165, 1.54) is 13.4 Å². The Kier molecular flexibility index (Phi) is 7.87. The summed E-state index contributed by atoms with van der Waals surface area (Å²) in [5.41, 5.74) is 0.206. The first-order valence-electron chi connectivity index (χ1n) is 15.3. The summed E-state index contributed by atoms with van der Waals surface area (Å²) in [5, 5.41) is 20.4. The van der Waals surface area contributed by atoms with Crippen LogP contribution in [0.2, 0.25) is 0 Å². The number of carbonyl (C=O) groups excluding carboxylic acids is 3. The van der Waals surface area contributed by atoms with Crippen LogP contribution < -0.4 is 15.4 Å². The number of alkyl carbamates (subject to hydrolysis) is 1. The Hall–Kier alpha value is -3.96. The molecular formula is C31H40N6O6. The van der Waals surface area contributed by atoms with Crippen LogP contribution in [0, 0.1) is 11.3 Å². The van der Waals surface area contributed by atoms with Gasteiger partial charge in [-0.3, -0.25) is 4.79 Å². The van der Waals surface area contributed by atoms with Crippen molar-refractivity contribution in [3.05, 3.63) is 30.1 Å². The number of rotatable bonds is 2. The monoisotopic (exact) mass is 592 g/mol. The number of ether oxygens (including phenoxy) is 3. The quantitative estimate of drug-likeness (QED) is 0.423. The molecule has 2 aliphatic carbocycles.